The summed E-state index contributed by atoms with van der Waals surface area (Å²) in [7, 11) is -3.14. The number of rotatable bonds is 10. The van der Waals surface area contributed by atoms with Crippen molar-refractivity contribution in [3.05, 3.63) is 60.2 Å². The summed E-state index contributed by atoms with van der Waals surface area (Å²) in [5.41, 5.74) is 1.51. The van der Waals surface area contributed by atoms with E-state index in [2.05, 4.69) is 28.0 Å². The highest BCUT2D eigenvalue weighted by molar-refractivity contribution is 7.92. The summed E-state index contributed by atoms with van der Waals surface area (Å²) in [4.78, 5) is 17.6. The second-order valence-corrected chi connectivity index (χ2v) is 15.1. The van der Waals surface area contributed by atoms with Gasteiger partial charge < -0.3 is 14.5 Å². The Hall–Kier alpha value is -2.89. The first-order valence-corrected chi connectivity index (χ1v) is 17.4. The molecule has 2 aromatic carbocycles. The van der Waals surface area contributed by atoms with Gasteiger partial charge in [0.1, 0.15) is 6.10 Å². The van der Waals surface area contributed by atoms with Gasteiger partial charge in [-0.3, -0.25) is 4.79 Å². The molecule has 0 amide bonds. The number of sulfone groups is 1. The molecular formula is C34H43N3O4S. The number of anilines is 1. The Kier molecular flexibility index (Phi) is 8.35. The Morgan fingerprint density at radius 1 is 0.976 bits per heavy atom. The SMILES string of the molecule is CCC(=O)O[C@H]1CCC[C@@H]1C(C#N)(c1ccccc1)C1CCN(CC2CN(c3ccc(S(=O)(=O)C4CC4)cc3)C2)CC1. The van der Waals surface area contributed by atoms with Gasteiger partial charge in [-0.25, -0.2) is 8.42 Å². The van der Waals surface area contributed by atoms with Crippen molar-refractivity contribution in [2.45, 2.75) is 80.0 Å². The summed E-state index contributed by atoms with van der Waals surface area (Å²) in [5.74, 6) is 0.646. The van der Waals surface area contributed by atoms with E-state index in [1.54, 1.807) is 12.1 Å². The summed E-state index contributed by atoms with van der Waals surface area (Å²) in [6.07, 6.45) is 6.39. The van der Waals surface area contributed by atoms with Gasteiger partial charge in [0, 0.05) is 43.6 Å². The van der Waals surface area contributed by atoms with Gasteiger partial charge in [-0.1, -0.05) is 37.3 Å². The predicted molar refractivity (Wildman–Crippen MR) is 163 cm³/mol. The molecule has 0 N–H and O–H groups in total. The van der Waals surface area contributed by atoms with Crippen LogP contribution in [0.3, 0.4) is 0 Å². The maximum atomic E-state index is 12.5. The minimum absolute atomic E-state index is 0.0165. The third-order valence-corrected chi connectivity index (χ3v) is 12.5. The van der Waals surface area contributed by atoms with Gasteiger partial charge >= 0.3 is 5.97 Å². The van der Waals surface area contributed by atoms with E-state index in [1.807, 2.05) is 37.3 Å². The standard InChI is InChI=1S/C34H43N3O4S/c1-2-33(38)41-32-10-6-9-31(32)34(24-35,26-7-4-3-5-8-26)27-17-19-36(20-18-27)21-25-22-37(23-25)28-11-13-29(14-12-28)42(39,40)30-15-16-30/h3-5,7-8,11-14,25,27,30-32H,2,6,9-10,15-23H2,1H3/t31-,32-,34?/m0/s1. The topological polar surface area (TPSA) is 90.7 Å². The van der Waals surface area contributed by atoms with Crippen LogP contribution in [0.5, 0.6) is 0 Å². The van der Waals surface area contributed by atoms with Crippen LogP contribution < -0.4 is 4.90 Å². The summed E-state index contributed by atoms with van der Waals surface area (Å²) in [6.45, 7) is 6.77. The smallest absolute Gasteiger partial charge is 0.305 e. The Balaban J connectivity index is 1.07. The average molecular weight is 590 g/mol. The molecular weight excluding hydrogens is 546 g/mol. The van der Waals surface area contributed by atoms with Crippen molar-refractivity contribution in [1.82, 2.24) is 4.90 Å². The van der Waals surface area contributed by atoms with Crippen molar-refractivity contribution < 1.29 is 17.9 Å². The zero-order valence-electron chi connectivity index (χ0n) is 24.7. The first kappa shape index (κ1) is 29.2. The highest BCUT2D eigenvalue weighted by atomic mass is 32.2. The molecule has 0 aromatic heterocycles. The van der Waals surface area contributed by atoms with E-state index >= 15 is 0 Å². The molecule has 2 saturated heterocycles. The van der Waals surface area contributed by atoms with Crippen molar-refractivity contribution in [1.29, 1.82) is 5.26 Å². The number of hydrogen-bond donors (Lipinski definition) is 0. The van der Waals surface area contributed by atoms with Crippen LogP contribution in [0.25, 0.3) is 0 Å². The number of carbonyl (C=O) groups is 1. The highest BCUT2D eigenvalue weighted by Crippen LogP contribution is 2.51. The minimum Gasteiger partial charge on any atom is -0.462 e. The molecule has 4 fully saturated rings. The van der Waals surface area contributed by atoms with Crippen LogP contribution in [0.15, 0.2) is 59.5 Å². The summed E-state index contributed by atoms with van der Waals surface area (Å²) < 4.78 is 30.9. The second-order valence-electron chi connectivity index (χ2n) is 12.9. The van der Waals surface area contributed by atoms with E-state index < -0.39 is 15.3 Å². The van der Waals surface area contributed by atoms with E-state index in [-0.39, 0.29) is 29.2 Å². The van der Waals surface area contributed by atoms with Crippen LogP contribution in [0, 0.1) is 29.1 Å². The molecule has 2 saturated carbocycles. The lowest BCUT2D eigenvalue weighted by Crippen LogP contribution is -2.54. The third kappa shape index (κ3) is 5.58. The summed E-state index contributed by atoms with van der Waals surface area (Å²) in [6, 6.07) is 20.5. The van der Waals surface area contributed by atoms with Crippen LogP contribution >= 0.6 is 0 Å². The molecule has 2 aliphatic carbocycles. The Bertz CT molecular complexity index is 1390. The molecule has 6 rings (SSSR count). The Labute approximate surface area is 250 Å². The molecule has 2 heterocycles. The number of esters is 1. The maximum Gasteiger partial charge on any atom is 0.305 e. The quantitative estimate of drug-likeness (QED) is 0.345. The number of ether oxygens (including phenoxy) is 1. The lowest BCUT2D eigenvalue weighted by atomic mass is 9.59. The van der Waals surface area contributed by atoms with Crippen LogP contribution in [0.4, 0.5) is 5.69 Å². The molecule has 0 radical (unpaired) electrons. The van der Waals surface area contributed by atoms with Crippen molar-refractivity contribution in [2.75, 3.05) is 37.6 Å². The van der Waals surface area contributed by atoms with Crippen LogP contribution in [-0.2, 0) is 24.8 Å². The summed E-state index contributed by atoms with van der Waals surface area (Å²) >= 11 is 0. The van der Waals surface area contributed by atoms with Crippen molar-refractivity contribution in [2.24, 2.45) is 17.8 Å². The largest absolute Gasteiger partial charge is 0.462 e. The van der Waals surface area contributed by atoms with Crippen molar-refractivity contribution >= 4 is 21.5 Å². The molecule has 224 valence electrons. The first-order valence-electron chi connectivity index (χ1n) is 15.8. The van der Waals surface area contributed by atoms with Crippen molar-refractivity contribution in [3.8, 4) is 6.07 Å². The predicted octanol–water partition coefficient (Wildman–Crippen LogP) is 5.35. The third-order valence-electron chi connectivity index (χ3n) is 10.2. The lowest BCUT2D eigenvalue weighted by Gasteiger charge is -2.48. The number of nitriles is 1. The Morgan fingerprint density at radius 2 is 1.67 bits per heavy atom. The van der Waals surface area contributed by atoms with Crippen LogP contribution in [0.2, 0.25) is 0 Å². The normalized spacial score (nSPS) is 25.4. The van der Waals surface area contributed by atoms with Gasteiger partial charge in [-0.15, -0.1) is 0 Å². The number of carbonyl (C=O) groups excluding carboxylic acids is 1. The first-order chi connectivity index (χ1) is 20.3. The fourth-order valence-corrected chi connectivity index (χ4v) is 9.45. The van der Waals surface area contributed by atoms with Crippen LogP contribution in [-0.4, -0.2) is 63.4 Å². The number of hydrogen-bond acceptors (Lipinski definition) is 7. The van der Waals surface area contributed by atoms with Gasteiger partial charge in [0.2, 0.25) is 0 Å². The number of benzene rings is 2. The van der Waals surface area contributed by atoms with Gasteiger partial charge in [-0.05, 0) is 93.8 Å². The zero-order valence-corrected chi connectivity index (χ0v) is 25.5. The number of likely N-dealkylation sites (tertiary alicyclic amines) is 1. The number of piperidine rings is 1. The molecule has 2 aliphatic heterocycles. The van der Waals surface area contributed by atoms with E-state index in [1.165, 1.54) is 0 Å². The van der Waals surface area contributed by atoms with E-state index in [0.29, 0.717) is 17.2 Å². The van der Waals surface area contributed by atoms with Gasteiger partial charge in [0.15, 0.2) is 9.84 Å². The highest BCUT2D eigenvalue weighted by Gasteiger charge is 2.53. The molecule has 42 heavy (non-hydrogen) atoms. The number of nitrogens with zero attached hydrogens (tertiary/aromatic N) is 3. The Morgan fingerprint density at radius 3 is 2.29 bits per heavy atom. The van der Waals surface area contributed by atoms with E-state index in [4.69, 9.17) is 4.74 Å². The minimum atomic E-state index is -3.14. The molecule has 0 spiro atoms. The zero-order chi connectivity index (χ0) is 29.3. The van der Waals surface area contributed by atoms with Crippen LogP contribution in [0.1, 0.15) is 63.9 Å². The maximum absolute atomic E-state index is 12.5. The molecule has 3 atom stereocenters. The molecule has 0 bridgehead atoms. The van der Waals surface area contributed by atoms with Gasteiger partial charge in [0.05, 0.1) is 21.6 Å². The van der Waals surface area contributed by atoms with Crippen molar-refractivity contribution in [3.63, 3.8) is 0 Å². The second kappa shape index (κ2) is 12.0. The molecule has 1 unspecified atom stereocenters. The molecule has 2 aromatic rings. The van der Waals surface area contributed by atoms with Gasteiger partial charge in [-0.2, -0.15) is 5.26 Å². The molecule has 7 nitrogen and oxygen atoms in total. The fraction of sp³-hybridized carbons (Fsp3) is 0.588. The molecule has 4 aliphatic rings. The fourth-order valence-electron chi connectivity index (χ4n) is 7.79. The van der Waals surface area contributed by atoms with E-state index in [9.17, 15) is 18.5 Å². The summed E-state index contributed by atoms with van der Waals surface area (Å²) in [5, 5.41) is 10.7. The molecule has 8 heteroatoms. The lowest BCUT2D eigenvalue weighted by molar-refractivity contribution is -0.151. The van der Waals surface area contributed by atoms with E-state index in [0.717, 1.165) is 88.9 Å². The average Bonchev–Trinajstić information content (AvgIpc) is 3.77. The van der Waals surface area contributed by atoms with Gasteiger partial charge in [0.25, 0.3) is 0 Å². The monoisotopic (exact) mass is 589 g/mol.